The molecule has 0 saturated heterocycles. The van der Waals surface area contributed by atoms with Gasteiger partial charge in [0, 0.05) is 11.1 Å². The van der Waals surface area contributed by atoms with E-state index in [0.29, 0.717) is 5.75 Å². The first-order chi connectivity index (χ1) is 12.8. The van der Waals surface area contributed by atoms with Gasteiger partial charge in [0.05, 0.1) is 24.6 Å². The summed E-state index contributed by atoms with van der Waals surface area (Å²) in [5.74, 6) is 1.06. The normalized spacial score (nSPS) is 11.6. The van der Waals surface area contributed by atoms with Crippen molar-refractivity contribution in [2.75, 3.05) is 12.9 Å². The summed E-state index contributed by atoms with van der Waals surface area (Å²) in [6.07, 6.45) is 1.74. The lowest BCUT2D eigenvalue weighted by molar-refractivity contribution is -0.119. The third-order valence-electron chi connectivity index (χ3n) is 3.83. The molecular weight excluding hydrogens is 344 g/mol. The van der Waals surface area contributed by atoms with Crippen LogP contribution in [-0.4, -0.2) is 23.8 Å². The number of amides is 1. The minimum absolute atomic E-state index is 0.0441. The molecule has 0 unspecified atom stereocenters. The number of rotatable bonds is 7. The van der Waals surface area contributed by atoms with Crippen LogP contribution in [0, 0.1) is 0 Å². The maximum absolute atomic E-state index is 12.5. The zero-order valence-electron chi connectivity index (χ0n) is 14.5. The number of thioether (sulfide) groups is 1. The van der Waals surface area contributed by atoms with E-state index in [-0.39, 0.29) is 11.9 Å². The second kappa shape index (κ2) is 9.06. The molecule has 0 bridgehead atoms. The van der Waals surface area contributed by atoms with E-state index in [1.54, 1.807) is 13.3 Å². The number of nitrogens with one attached hydrogen (secondary N) is 1. The largest absolute Gasteiger partial charge is 0.497 e. The first kappa shape index (κ1) is 18.0. The Morgan fingerprint density at radius 2 is 1.88 bits per heavy atom. The molecule has 1 amide bonds. The molecule has 3 rings (SSSR count). The number of carbonyl (C=O) groups is 1. The summed E-state index contributed by atoms with van der Waals surface area (Å²) < 4.78 is 5.22. The highest BCUT2D eigenvalue weighted by atomic mass is 32.2. The predicted molar refractivity (Wildman–Crippen MR) is 104 cm³/mol. The zero-order valence-corrected chi connectivity index (χ0v) is 15.3. The molecule has 5 heteroatoms. The molecule has 1 aromatic heterocycles. The van der Waals surface area contributed by atoms with Gasteiger partial charge >= 0.3 is 0 Å². The molecule has 0 spiro atoms. The lowest BCUT2D eigenvalue weighted by atomic mass is 10.0. The van der Waals surface area contributed by atoms with Gasteiger partial charge in [-0.2, -0.15) is 0 Å². The SMILES string of the molecule is COc1cccc(SCC(=O)N[C@@H](c2ccccc2)c2ccccn2)c1. The quantitative estimate of drug-likeness (QED) is 0.642. The minimum Gasteiger partial charge on any atom is -0.497 e. The van der Waals surface area contributed by atoms with Crippen LogP contribution in [0.25, 0.3) is 0 Å². The monoisotopic (exact) mass is 364 g/mol. The van der Waals surface area contributed by atoms with E-state index in [1.807, 2.05) is 72.8 Å². The van der Waals surface area contributed by atoms with E-state index in [2.05, 4.69) is 10.3 Å². The number of ether oxygens (including phenoxy) is 1. The second-order valence-corrected chi connectivity index (χ2v) is 6.68. The fraction of sp³-hybridized carbons (Fsp3) is 0.143. The Morgan fingerprint density at radius 1 is 1.08 bits per heavy atom. The van der Waals surface area contributed by atoms with E-state index in [1.165, 1.54) is 11.8 Å². The number of pyridine rings is 1. The lowest BCUT2D eigenvalue weighted by Gasteiger charge is -2.19. The number of aromatic nitrogens is 1. The first-order valence-electron chi connectivity index (χ1n) is 8.28. The summed E-state index contributed by atoms with van der Waals surface area (Å²) in [4.78, 5) is 17.9. The number of hydrogen-bond donors (Lipinski definition) is 1. The van der Waals surface area contributed by atoms with Crippen molar-refractivity contribution in [2.24, 2.45) is 0 Å². The van der Waals surface area contributed by atoms with Gasteiger partial charge in [-0.25, -0.2) is 0 Å². The van der Waals surface area contributed by atoms with Crippen LogP contribution in [0.4, 0.5) is 0 Å². The van der Waals surface area contributed by atoms with Gasteiger partial charge in [-0.15, -0.1) is 11.8 Å². The minimum atomic E-state index is -0.268. The van der Waals surface area contributed by atoms with Crippen LogP contribution in [0.1, 0.15) is 17.3 Å². The number of carbonyl (C=O) groups excluding carboxylic acids is 1. The topological polar surface area (TPSA) is 51.2 Å². The van der Waals surface area contributed by atoms with Crippen LogP contribution in [0.15, 0.2) is 83.9 Å². The van der Waals surface area contributed by atoms with Gasteiger partial charge in [-0.05, 0) is 35.9 Å². The molecule has 0 saturated carbocycles. The van der Waals surface area contributed by atoms with E-state index >= 15 is 0 Å². The van der Waals surface area contributed by atoms with E-state index in [4.69, 9.17) is 4.74 Å². The van der Waals surface area contributed by atoms with Crippen molar-refractivity contribution in [3.05, 3.63) is 90.3 Å². The fourth-order valence-electron chi connectivity index (χ4n) is 2.56. The second-order valence-electron chi connectivity index (χ2n) is 5.63. The van der Waals surface area contributed by atoms with Crippen molar-refractivity contribution in [1.82, 2.24) is 10.3 Å². The third-order valence-corrected chi connectivity index (χ3v) is 4.83. The first-order valence-corrected chi connectivity index (χ1v) is 9.27. The third kappa shape index (κ3) is 4.86. The molecule has 1 heterocycles. The fourth-order valence-corrected chi connectivity index (χ4v) is 3.32. The number of nitrogens with zero attached hydrogens (tertiary/aromatic N) is 1. The lowest BCUT2D eigenvalue weighted by Crippen LogP contribution is -2.31. The van der Waals surface area contributed by atoms with E-state index in [0.717, 1.165) is 21.9 Å². The van der Waals surface area contributed by atoms with Crippen LogP contribution in [0.3, 0.4) is 0 Å². The molecule has 1 atom stereocenters. The van der Waals surface area contributed by atoms with Crippen LogP contribution < -0.4 is 10.1 Å². The molecule has 0 aliphatic heterocycles. The summed E-state index contributed by atoms with van der Waals surface area (Å²) in [5, 5.41) is 3.09. The Kier molecular flexibility index (Phi) is 6.28. The van der Waals surface area contributed by atoms with Crippen molar-refractivity contribution in [3.8, 4) is 5.75 Å². The van der Waals surface area contributed by atoms with Gasteiger partial charge in [-0.1, -0.05) is 42.5 Å². The summed E-state index contributed by atoms with van der Waals surface area (Å²) >= 11 is 1.48. The maximum atomic E-state index is 12.5. The Morgan fingerprint density at radius 3 is 2.62 bits per heavy atom. The Labute approximate surface area is 157 Å². The Hall–Kier alpha value is -2.79. The molecule has 26 heavy (non-hydrogen) atoms. The number of hydrogen-bond acceptors (Lipinski definition) is 4. The predicted octanol–water partition coefficient (Wildman–Crippen LogP) is 4.09. The molecule has 3 aromatic rings. The summed E-state index contributed by atoms with van der Waals surface area (Å²) in [5.41, 5.74) is 1.82. The van der Waals surface area contributed by atoms with Gasteiger partial charge in [0.1, 0.15) is 5.75 Å². The van der Waals surface area contributed by atoms with Gasteiger partial charge in [-0.3, -0.25) is 9.78 Å². The molecular formula is C21H20N2O2S. The van der Waals surface area contributed by atoms with Crippen LogP contribution in [0.5, 0.6) is 5.75 Å². The number of methoxy groups -OCH3 is 1. The van der Waals surface area contributed by atoms with Gasteiger partial charge in [0.25, 0.3) is 0 Å². The summed E-state index contributed by atoms with van der Waals surface area (Å²) in [6.45, 7) is 0. The molecule has 1 N–H and O–H groups in total. The van der Waals surface area contributed by atoms with Crippen LogP contribution in [0.2, 0.25) is 0 Å². The highest BCUT2D eigenvalue weighted by Gasteiger charge is 2.17. The van der Waals surface area contributed by atoms with Gasteiger partial charge in [0.2, 0.25) is 5.91 Å². The van der Waals surface area contributed by atoms with Crippen molar-refractivity contribution >= 4 is 17.7 Å². The molecule has 2 aromatic carbocycles. The van der Waals surface area contributed by atoms with Crippen LogP contribution >= 0.6 is 11.8 Å². The Balaban J connectivity index is 1.69. The summed E-state index contributed by atoms with van der Waals surface area (Å²) in [6, 6.07) is 23.0. The van der Waals surface area contributed by atoms with E-state index in [9.17, 15) is 4.79 Å². The smallest absolute Gasteiger partial charge is 0.231 e. The van der Waals surface area contributed by atoms with Gasteiger partial charge < -0.3 is 10.1 Å². The van der Waals surface area contributed by atoms with Gasteiger partial charge in [0.15, 0.2) is 0 Å². The van der Waals surface area contributed by atoms with Crippen molar-refractivity contribution in [3.63, 3.8) is 0 Å². The zero-order chi connectivity index (χ0) is 18.2. The highest BCUT2D eigenvalue weighted by molar-refractivity contribution is 8.00. The van der Waals surface area contributed by atoms with Crippen molar-refractivity contribution in [1.29, 1.82) is 0 Å². The average molecular weight is 364 g/mol. The molecule has 0 aliphatic carbocycles. The summed E-state index contributed by atoms with van der Waals surface area (Å²) in [7, 11) is 1.63. The van der Waals surface area contributed by atoms with E-state index < -0.39 is 0 Å². The maximum Gasteiger partial charge on any atom is 0.231 e. The number of benzene rings is 2. The average Bonchev–Trinajstić information content (AvgIpc) is 2.72. The van der Waals surface area contributed by atoms with Crippen LogP contribution in [-0.2, 0) is 4.79 Å². The Bertz CT molecular complexity index is 801. The molecule has 0 fully saturated rings. The molecule has 0 radical (unpaired) electrons. The molecule has 132 valence electrons. The van der Waals surface area contributed by atoms with Crippen molar-refractivity contribution in [2.45, 2.75) is 10.9 Å². The standard InChI is InChI=1S/C21H20N2O2S/c1-25-17-10-7-11-18(14-17)26-15-20(24)23-21(16-8-3-2-4-9-16)19-12-5-6-13-22-19/h2-14,21H,15H2,1H3,(H,23,24)/t21-/m0/s1. The van der Waals surface area contributed by atoms with Crippen molar-refractivity contribution < 1.29 is 9.53 Å². The molecule has 4 nitrogen and oxygen atoms in total. The molecule has 0 aliphatic rings. The highest BCUT2D eigenvalue weighted by Crippen LogP contribution is 2.24.